The molecule has 34 nitrogen and oxygen atoms in total. The van der Waals surface area contributed by atoms with E-state index in [-0.39, 0.29) is 86.4 Å². The standard InChI is InChI=1S/C36H52N11O23P3S/c37-32-29-33(42-19-41-32)45(20-43-29)35-31(51)30(50)25(68-35)18-67-71(59,60)69-72(61,62)70-73(63,64)74-26-17-28(49)44(34(26)52)11-7-27(48)40-10-13-66-15-14-65-12-3-9-39-23(36(53)54)4-1-2-8-38-22-6-5-21(46(55)56)16-24(22)47(57)58/h5-6,16,19-20,23,25-26,30-31,35,38-39,50-51H,1-4,7-15,17-18H2,(H,40,48)(H,53,54)(H,59,60)(H,61,62)(H,63,64)(H2,37,41,42). The Bertz CT molecular complexity index is 2660. The van der Waals surface area contributed by atoms with Gasteiger partial charge in [-0.3, -0.25) is 53.4 Å². The van der Waals surface area contributed by atoms with Crippen LogP contribution >= 0.6 is 33.8 Å². The van der Waals surface area contributed by atoms with Crippen LogP contribution in [0.25, 0.3) is 11.2 Å². The highest BCUT2D eigenvalue weighted by molar-refractivity contribution is 8.55. The van der Waals surface area contributed by atoms with Crippen LogP contribution in [0.1, 0.15) is 44.8 Å². The zero-order chi connectivity index (χ0) is 54.4. The number of phosphoric acid groups is 2. The highest BCUT2D eigenvalue weighted by Crippen LogP contribution is 2.72. The maximum atomic E-state index is 12.9. The number of likely N-dealkylation sites (tertiary alicyclic amines) is 1. The molecule has 1 aromatic carbocycles. The lowest BCUT2D eigenvalue weighted by Crippen LogP contribution is -2.37. The second kappa shape index (κ2) is 27.0. The number of aliphatic hydroxyl groups excluding tert-OH is 2. The highest BCUT2D eigenvalue weighted by Gasteiger charge is 2.49. The van der Waals surface area contributed by atoms with Gasteiger partial charge in [0.05, 0.1) is 48.7 Å². The van der Waals surface area contributed by atoms with Gasteiger partial charge in [-0.05, 0) is 49.7 Å². The van der Waals surface area contributed by atoms with Crippen LogP contribution in [-0.2, 0) is 60.2 Å². The fourth-order valence-corrected chi connectivity index (χ4v) is 13.5. The number of carbonyl (C=O) groups excluding carboxylic acids is 3. The number of aromatic nitrogens is 4. The Hall–Kier alpha value is -5.19. The van der Waals surface area contributed by atoms with Crippen molar-refractivity contribution in [2.45, 2.75) is 74.4 Å². The van der Waals surface area contributed by atoms with E-state index in [9.17, 15) is 83.1 Å². The largest absolute Gasteiger partial charge is 0.488 e. The van der Waals surface area contributed by atoms with Crippen molar-refractivity contribution in [2.24, 2.45) is 0 Å². The second-order valence-corrected chi connectivity index (χ2v) is 23.0. The third kappa shape index (κ3) is 17.4. The molecule has 3 aromatic rings. The number of nitrogens with two attached hydrogens (primary N) is 1. The zero-order valence-corrected chi connectivity index (χ0v) is 42.0. The van der Waals surface area contributed by atoms with Crippen LogP contribution in [0, 0.1) is 20.2 Å². The Morgan fingerprint density at radius 1 is 0.932 bits per heavy atom. The van der Waals surface area contributed by atoms with Crippen LogP contribution in [0.15, 0.2) is 30.9 Å². The number of carboxylic acids is 1. The summed E-state index contributed by atoms with van der Waals surface area (Å²) >= 11 is -0.250. The van der Waals surface area contributed by atoms with Gasteiger partial charge in [0.25, 0.3) is 11.4 Å². The number of nitro benzene ring substituents is 2. The van der Waals surface area contributed by atoms with E-state index in [2.05, 4.69) is 44.0 Å². The number of carbonyl (C=O) groups is 4. The van der Waals surface area contributed by atoms with Gasteiger partial charge in [-0.1, -0.05) is 0 Å². The van der Waals surface area contributed by atoms with Gasteiger partial charge in [-0.2, -0.15) is 8.62 Å². The molecule has 0 aliphatic carbocycles. The number of nitrogens with one attached hydrogen (secondary N) is 3. The lowest BCUT2D eigenvalue weighted by molar-refractivity contribution is -0.393. The number of aliphatic hydroxyl groups is 2. The third-order valence-corrected chi connectivity index (χ3v) is 17.4. The van der Waals surface area contributed by atoms with Gasteiger partial charge in [0.2, 0.25) is 17.7 Å². The fourth-order valence-electron chi connectivity index (χ4n) is 7.05. The molecule has 11 N–H and O–H groups in total. The first kappa shape index (κ1) is 59.7. The van der Waals surface area contributed by atoms with Crippen molar-refractivity contribution in [1.82, 2.24) is 35.1 Å². The summed E-state index contributed by atoms with van der Waals surface area (Å²) in [6.07, 6.45) is -3.56. The minimum Gasteiger partial charge on any atom is -0.480 e. The summed E-state index contributed by atoms with van der Waals surface area (Å²) in [4.78, 5) is 113. The molecule has 38 heteroatoms. The number of carboxylic acid groups (broad SMARTS) is 1. The highest BCUT2D eigenvalue weighted by atomic mass is 32.7. The molecule has 5 rings (SSSR count). The summed E-state index contributed by atoms with van der Waals surface area (Å²) in [5.41, 5.74) is 5.22. The molecule has 9 atom stereocenters. The van der Waals surface area contributed by atoms with Gasteiger partial charge in [-0.25, -0.2) is 28.6 Å². The molecule has 74 heavy (non-hydrogen) atoms. The summed E-state index contributed by atoms with van der Waals surface area (Å²) in [5.74, 6) is -3.57. The van der Waals surface area contributed by atoms with Gasteiger partial charge in [0, 0.05) is 45.1 Å². The molecule has 0 spiro atoms. The second-order valence-electron chi connectivity index (χ2n) is 15.8. The summed E-state index contributed by atoms with van der Waals surface area (Å²) in [7, 11) is -11.6. The number of nitrogens with zero attached hydrogens (tertiary/aromatic N) is 7. The summed E-state index contributed by atoms with van der Waals surface area (Å²) < 4.78 is 68.4. The van der Waals surface area contributed by atoms with Crippen LogP contribution in [0.3, 0.4) is 0 Å². The monoisotopic (exact) mass is 1130 g/mol. The Kier molecular flexibility index (Phi) is 21.8. The Morgan fingerprint density at radius 2 is 1.66 bits per heavy atom. The SMILES string of the molecule is Nc1ncnc2c1ncn2C1OC(COP(=O)(O)OP(=O)(O)OP(=O)(O)SC2CC(=O)N(CCC(=O)NCCOCCOCCCNC(CCCCNc3ccc([N+](=O)[O-])cc3[N+](=O)[O-])C(=O)O)C2=O)C(O)C1O. The van der Waals surface area contributed by atoms with Crippen molar-refractivity contribution in [3.05, 3.63) is 51.1 Å². The number of imide groups is 1. The molecule has 2 fully saturated rings. The number of nitro groups is 2. The Morgan fingerprint density at radius 3 is 2.36 bits per heavy atom. The predicted molar refractivity (Wildman–Crippen MR) is 251 cm³/mol. The fraction of sp³-hybridized carbons (Fsp3) is 0.583. The quantitative estimate of drug-likeness (QED) is 0.0129. The number of hydrogen-bond donors (Lipinski definition) is 10. The number of phosphoric ester groups is 1. The lowest BCUT2D eigenvalue weighted by atomic mass is 10.1. The van der Waals surface area contributed by atoms with Gasteiger partial charge in [0.1, 0.15) is 47.1 Å². The number of aliphatic carboxylic acids is 1. The number of nitrogen functional groups attached to an aromatic ring is 1. The van der Waals surface area contributed by atoms with Gasteiger partial charge in [-0.15, -0.1) is 0 Å². The van der Waals surface area contributed by atoms with E-state index in [1.165, 1.54) is 17.0 Å². The Labute approximate surface area is 421 Å². The molecule has 9 unspecified atom stereocenters. The number of anilines is 2. The lowest BCUT2D eigenvalue weighted by Gasteiger charge is -2.21. The average molecular weight is 1130 g/mol. The first-order chi connectivity index (χ1) is 34.9. The molecule has 2 aliphatic heterocycles. The molecule has 410 valence electrons. The van der Waals surface area contributed by atoms with E-state index in [0.29, 0.717) is 30.7 Å². The van der Waals surface area contributed by atoms with Crippen LogP contribution in [0.5, 0.6) is 0 Å². The van der Waals surface area contributed by atoms with Crippen molar-refractivity contribution in [1.29, 1.82) is 0 Å². The van der Waals surface area contributed by atoms with E-state index < -0.39 is 123 Å². The van der Waals surface area contributed by atoms with Crippen molar-refractivity contribution < 1.29 is 100 Å². The molecule has 3 amide bonds. The van der Waals surface area contributed by atoms with Crippen molar-refractivity contribution >= 4 is 91.6 Å². The summed E-state index contributed by atoms with van der Waals surface area (Å²) in [6.45, 7) is -5.68. The van der Waals surface area contributed by atoms with E-state index in [4.69, 9.17) is 19.9 Å². The van der Waals surface area contributed by atoms with Crippen LogP contribution in [-0.4, -0.2) is 177 Å². The van der Waals surface area contributed by atoms with Crippen molar-refractivity contribution in [3.63, 3.8) is 0 Å². The number of benzene rings is 1. The molecule has 2 saturated heterocycles. The summed E-state index contributed by atoms with van der Waals surface area (Å²) in [6, 6.07) is 2.38. The molecule has 2 aromatic heterocycles. The number of non-ortho nitro benzene ring substituents is 1. The predicted octanol–water partition coefficient (Wildman–Crippen LogP) is 0.311. The molecule has 0 bridgehead atoms. The van der Waals surface area contributed by atoms with Crippen LogP contribution in [0.4, 0.5) is 22.9 Å². The Balaban J connectivity index is 0.900. The number of unbranched alkanes of at least 4 members (excludes halogenated alkanes) is 1. The van der Waals surface area contributed by atoms with Gasteiger partial charge < -0.3 is 65.9 Å². The molecular formula is C36H52N11O23P3S. The molecule has 4 heterocycles. The van der Waals surface area contributed by atoms with Crippen LogP contribution < -0.4 is 21.7 Å². The third-order valence-electron chi connectivity index (χ3n) is 10.6. The first-order valence-corrected chi connectivity index (χ1v) is 28.0. The van der Waals surface area contributed by atoms with Crippen molar-refractivity contribution in [2.75, 3.05) is 70.3 Å². The van der Waals surface area contributed by atoms with E-state index in [1.807, 2.05) is 0 Å². The number of imidazole rings is 1. The molecular weight excluding hydrogens is 1080 g/mol. The zero-order valence-electron chi connectivity index (χ0n) is 38.5. The minimum atomic E-state index is -5.97. The molecule has 0 radical (unpaired) electrons. The molecule has 0 saturated carbocycles. The van der Waals surface area contributed by atoms with E-state index in [0.717, 1.165) is 18.5 Å². The topological polar surface area (TPSA) is 491 Å². The van der Waals surface area contributed by atoms with Crippen molar-refractivity contribution in [3.8, 4) is 0 Å². The average Bonchev–Trinajstić information content (AvgIpc) is 3.95. The smallest absolute Gasteiger partial charge is 0.480 e. The molecule has 2 aliphatic rings. The summed E-state index contributed by atoms with van der Waals surface area (Å²) in [5, 5.41) is 59.4. The maximum Gasteiger partial charge on any atom is 0.488 e. The van der Waals surface area contributed by atoms with E-state index in [1.54, 1.807) is 0 Å². The maximum absolute atomic E-state index is 12.9. The van der Waals surface area contributed by atoms with Gasteiger partial charge >= 0.3 is 28.4 Å². The van der Waals surface area contributed by atoms with E-state index >= 15 is 0 Å². The number of amides is 3. The number of ether oxygens (including phenoxy) is 3. The van der Waals surface area contributed by atoms with Crippen LogP contribution in [0.2, 0.25) is 0 Å². The minimum absolute atomic E-state index is 0.00576. The van der Waals surface area contributed by atoms with Gasteiger partial charge in [0.15, 0.2) is 17.7 Å². The normalized spacial score (nSPS) is 21.7. The number of fused-ring (bicyclic) bond motifs is 1. The number of hydrogen-bond acceptors (Lipinski definition) is 26. The first-order valence-electron chi connectivity index (χ1n) is 22.0. The number of rotatable bonds is 33.